The number of benzene rings is 2. The Morgan fingerprint density at radius 1 is 1.07 bits per heavy atom. The van der Waals surface area contributed by atoms with Crippen LogP contribution < -0.4 is 5.63 Å². The molecule has 0 spiro atoms. The fourth-order valence-electron chi connectivity index (χ4n) is 2.76. The molecule has 136 valence electrons. The molecule has 2 aromatic carbocycles. The van der Waals surface area contributed by atoms with Gasteiger partial charge < -0.3 is 8.83 Å². The zero-order chi connectivity index (χ0) is 18.8. The van der Waals surface area contributed by atoms with E-state index < -0.39 is 11.4 Å². The minimum Gasteiger partial charge on any atom is -0.423 e. The Morgan fingerprint density at radius 2 is 1.93 bits per heavy atom. The number of halogens is 1. The molecule has 0 saturated heterocycles. The standard InChI is InChI=1S/C20H15FN2O3S/c1-2-12-7-8-14-13(10-18(24)25-17(14)9-12)11-27-20-23-22-19(26-20)15-5-3-4-6-16(15)21/h3-10H,2,11H2,1H3. The lowest BCUT2D eigenvalue weighted by atomic mass is 10.1. The van der Waals surface area contributed by atoms with Gasteiger partial charge in [0.1, 0.15) is 11.4 Å². The third-order valence-electron chi connectivity index (χ3n) is 4.16. The van der Waals surface area contributed by atoms with Gasteiger partial charge in [-0.2, -0.15) is 0 Å². The van der Waals surface area contributed by atoms with Crippen molar-refractivity contribution in [3.63, 3.8) is 0 Å². The summed E-state index contributed by atoms with van der Waals surface area (Å²) in [5.74, 6) is 0.156. The molecular weight excluding hydrogens is 367 g/mol. The number of hydrogen-bond acceptors (Lipinski definition) is 6. The van der Waals surface area contributed by atoms with E-state index in [0.717, 1.165) is 22.9 Å². The predicted molar refractivity (Wildman–Crippen MR) is 101 cm³/mol. The van der Waals surface area contributed by atoms with Gasteiger partial charge >= 0.3 is 5.63 Å². The van der Waals surface area contributed by atoms with Crippen LogP contribution in [0.25, 0.3) is 22.4 Å². The first-order valence-electron chi connectivity index (χ1n) is 8.41. The van der Waals surface area contributed by atoms with Crippen LogP contribution in [0.4, 0.5) is 4.39 Å². The Balaban J connectivity index is 1.59. The predicted octanol–water partition coefficient (Wildman–Crippen LogP) is 4.84. The SMILES string of the molecule is CCc1ccc2c(CSc3nnc(-c4ccccc4F)o3)cc(=O)oc2c1. The molecule has 0 radical (unpaired) electrons. The number of hydrogen-bond donors (Lipinski definition) is 0. The van der Waals surface area contributed by atoms with Crippen LogP contribution in [0.15, 0.2) is 67.4 Å². The Labute approximate surface area is 158 Å². The van der Waals surface area contributed by atoms with Gasteiger partial charge in [0.2, 0.25) is 0 Å². The molecule has 0 atom stereocenters. The summed E-state index contributed by atoms with van der Waals surface area (Å²) in [4.78, 5) is 11.9. The monoisotopic (exact) mass is 382 g/mol. The Morgan fingerprint density at radius 3 is 2.74 bits per heavy atom. The van der Waals surface area contributed by atoms with Crippen molar-refractivity contribution < 1.29 is 13.2 Å². The first-order chi connectivity index (χ1) is 13.1. The second kappa shape index (κ2) is 7.36. The lowest BCUT2D eigenvalue weighted by Gasteiger charge is -2.05. The average Bonchev–Trinajstić information content (AvgIpc) is 3.14. The maximum absolute atomic E-state index is 13.8. The third-order valence-corrected chi connectivity index (χ3v) is 5.03. The highest BCUT2D eigenvalue weighted by atomic mass is 32.2. The lowest BCUT2D eigenvalue weighted by molar-refractivity contribution is 0.463. The molecule has 0 N–H and O–H groups in total. The second-order valence-electron chi connectivity index (χ2n) is 5.92. The van der Waals surface area contributed by atoms with Crippen LogP contribution in [0.1, 0.15) is 18.1 Å². The molecule has 0 bridgehead atoms. The minimum absolute atomic E-state index is 0.126. The number of aryl methyl sites for hydroxylation is 1. The molecule has 4 rings (SSSR count). The van der Waals surface area contributed by atoms with Gasteiger partial charge in [-0.05, 0) is 35.7 Å². The van der Waals surface area contributed by atoms with Crippen LogP contribution in [0, 0.1) is 5.82 Å². The molecule has 0 aliphatic heterocycles. The van der Waals surface area contributed by atoms with E-state index in [4.69, 9.17) is 8.83 Å². The van der Waals surface area contributed by atoms with Crippen molar-refractivity contribution in [3.8, 4) is 11.5 Å². The quantitative estimate of drug-likeness (QED) is 0.363. The highest BCUT2D eigenvalue weighted by Crippen LogP contribution is 2.29. The normalized spacial score (nSPS) is 11.2. The summed E-state index contributed by atoms with van der Waals surface area (Å²) in [6.07, 6.45) is 0.861. The highest BCUT2D eigenvalue weighted by Gasteiger charge is 2.14. The highest BCUT2D eigenvalue weighted by molar-refractivity contribution is 7.98. The maximum Gasteiger partial charge on any atom is 0.336 e. The number of aromatic nitrogens is 2. The number of fused-ring (bicyclic) bond motifs is 1. The molecule has 2 heterocycles. The van der Waals surface area contributed by atoms with E-state index in [2.05, 4.69) is 10.2 Å². The molecule has 2 aromatic heterocycles. The number of nitrogens with zero attached hydrogens (tertiary/aromatic N) is 2. The van der Waals surface area contributed by atoms with Crippen LogP contribution in [0.3, 0.4) is 0 Å². The van der Waals surface area contributed by atoms with Gasteiger partial charge in [-0.3, -0.25) is 0 Å². The summed E-state index contributed by atoms with van der Waals surface area (Å²) in [7, 11) is 0. The van der Waals surface area contributed by atoms with E-state index in [0.29, 0.717) is 16.6 Å². The number of rotatable bonds is 5. The van der Waals surface area contributed by atoms with E-state index in [-0.39, 0.29) is 11.5 Å². The van der Waals surface area contributed by atoms with Crippen molar-refractivity contribution in [1.82, 2.24) is 10.2 Å². The van der Waals surface area contributed by atoms with Crippen molar-refractivity contribution >= 4 is 22.7 Å². The summed E-state index contributed by atoms with van der Waals surface area (Å²) in [5, 5.41) is 9.04. The van der Waals surface area contributed by atoms with Crippen LogP contribution in [-0.2, 0) is 12.2 Å². The lowest BCUT2D eigenvalue weighted by Crippen LogP contribution is -2.00. The zero-order valence-electron chi connectivity index (χ0n) is 14.4. The fraction of sp³-hybridized carbons (Fsp3) is 0.150. The summed E-state index contributed by atoms with van der Waals surface area (Å²) in [5.41, 5.74) is 2.34. The minimum atomic E-state index is -0.420. The van der Waals surface area contributed by atoms with Crippen molar-refractivity contribution in [2.45, 2.75) is 24.3 Å². The number of thioether (sulfide) groups is 1. The van der Waals surface area contributed by atoms with Crippen LogP contribution in [-0.4, -0.2) is 10.2 Å². The van der Waals surface area contributed by atoms with Gasteiger partial charge in [0.15, 0.2) is 0 Å². The van der Waals surface area contributed by atoms with Gasteiger partial charge in [0.25, 0.3) is 11.1 Å². The van der Waals surface area contributed by atoms with E-state index in [9.17, 15) is 9.18 Å². The average molecular weight is 382 g/mol. The first kappa shape index (κ1) is 17.5. The van der Waals surface area contributed by atoms with Crippen molar-refractivity contribution in [1.29, 1.82) is 0 Å². The maximum atomic E-state index is 13.8. The molecule has 27 heavy (non-hydrogen) atoms. The molecule has 0 aliphatic carbocycles. The molecule has 5 nitrogen and oxygen atoms in total. The molecule has 4 aromatic rings. The van der Waals surface area contributed by atoms with Gasteiger partial charge in [-0.1, -0.05) is 43.0 Å². The van der Waals surface area contributed by atoms with E-state index in [1.807, 2.05) is 25.1 Å². The molecule has 0 saturated carbocycles. The van der Waals surface area contributed by atoms with E-state index in [1.54, 1.807) is 18.2 Å². The van der Waals surface area contributed by atoms with Crippen LogP contribution >= 0.6 is 11.8 Å². The molecule has 0 fully saturated rings. The molecule has 0 unspecified atom stereocenters. The summed E-state index contributed by atoms with van der Waals surface area (Å²) >= 11 is 1.29. The Kier molecular flexibility index (Phi) is 4.77. The Bertz CT molecular complexity index is 1170. The van der Waals surface area contributed by atoms with Crippen LogP contribution in [0.5, 0.6) is 0 Å². The van der Waals surface area contributed by atoms with E-state index in [1.165, 1.54) is 23.9 Å². The summed E-state index contributed by atoms with van der Waals surface area (Å²) in [6, 6.07) is 13.5. The fourth-order valence-corrected chi connectivity index (χ4v) is 3.52. The Hall–Kier alpha value is -2.93. The van der Waals surface area contributed by atoms with Crippen molar-refractivity contribution in [3.05, 3.63) is 75.9 Å². The third kappa shape index (κ3) is 3.64. The largest absolute Gasteiger partial charge is 0.423 e. The summed E-state index contributed by atoms with van der Waals surface area (Å²) < 4.78 is 24.7. The van der Waals surface area contributed by atoms with Crippen LogP contribution in [0.2, 0.25) is 0 Å². The molecule has 0 amide bonds. The van der Waals surface area contributed by atoms with Gasteiger partial charge in [0, 0.05) is 17.2 Å². The molecule has 0 aliphatic rings. The van der Waals surface area contributed by atoms with Gasteiger partial charge in [0.05, 0.1) is 5.56 Å². The second-order valence-corrected chi connectivity index (χ2v) is 6.84. The van der Waals surface area contributed by atoms with Crippen molar-refractivity contribution in [2.75, 3.05) is 0 Å². The molecular formula is C20H15FN2O3S. The van der Waals surface area contributed by atoms with Crippen molar-refractivity contribution in [2.24, 2.45) is 0 Å². The first-order valence-corrected chi connectivity index (χ1v) is 9.39. The summed E-state index contributed by atoms with van der Waals surface area (Å²) in [6.45, 7) is 2.04. The smallest absolute Gasteiger partial charge is 0.336 e. The van der Waals surface area contributed by atoms with Gasteiger partial charge in [-0.15, -0.1) is 10.2 Å². The zero-order valence-corrected chi connectivity index (χ0v) is 15.3. The van der Waals surface area contributed by atoms with Gasteiger partial charge in [-0.25, -0.2) is 9.18 Å². The topological polar surface area (TPSA) is 69.1 Å². The van der Waals surface area contributed by atoms with E-state index >= 15 is 0 Å². The molecule has 7 heteroatoms.